The molecule has 2 unspecified atom stereocenters. The van der Waals surface area contributed by atoms with Gasteiger partial charge in [-0.2, -0.15) is 0 Å². The number of carbonyl (C=O) groups is 2. The minimum Gasteiger partial charge on any atom is -0.481 e. The van der Waals surface area contributed by atoms with E-state index in [9.17, 15) is 14.7 Å². The third-order valence-electron chi connectivity index (χ3n) is 3.42. The van der Waals surface area contributed by atoms with E-state index in [-0.39, 0.29) is 12.3 Å². The number of carboxylic acid groups (broad SMARTS) is 2. The van der Waals surface area contributed by atoms with Crippen LogP contribution < -0.4 is 5.32 Å². The Hall–Kier alpha value is -1.56. The maximum absolute atomic E-state index is 11.3. The standard InChI is InChI=1S/C17H21Cl2NO4/c1-11(7-16(21)22)5-6-20-15(17(23)24)4-2-3-12-8-13(18)10-14(19)9-12/h2-3,8-11,15,20H,4-7H2,1H3,(H,21,22)(H,23,24). The molecule has 0 saturated heterocycles. The van der Waals surface area contributed by atoms with Gasteiger partial charge < -0.3 is 15.5 Å². The molecule has 0 amide bonds. The van der Waals surface area contributed by atoms with Gasteiger partial charge in [-0.3, -0.25) is 9.59 Å². The third-order valence-corrected chi connectivity index (χ3v) is 3.85. The van der Waals surface area contributed by atoms with Gasteiger partial charge in [0, 0.05) is 16.5 Å². The average molecular weight is 374 g/mol. The number of carboxylic acids is 2. The van der Waals surface area contributed by atoms with Crippen LogP contribution in [0.15, 0.2) is 24.3 Å². The summed E-state index contributed by atoms with van der Waals surface area (Å²) in [5.41, 5.74) is 0.798. The summed E-state index contributed by atoms with van der Waals surface area (Å²) in [5.74, 6) is -1.80. The molecule has 0 aliphatic carbocycles. The normalized spacial score (nSPS) is 13.8. The van der Waals surface area contributed by atoms with Gasteiger partial charge in [0.2, 0.25) is 0 Å². The molecule has 0 aliphatic heterocycles. The number of aliphatic carboxylic acids is 2. The summed E-state index contributed by atoms with van der Waals surface area (Å²) in [6.45, 7) is 2.27. The van der Waals surface area contributed by atoms with Crippen molar-refractivity contribution in [2.45, 2.75) is 32.2 Å². The van der Waals surface area contributed by atoms with E-state index in [0.29, 0.717) is 29.4 Å². The van der Waals surface area contributed by atoms with Gasteiger partial charge in [-0.25, -0.2) is 0 Å². The molecule has 0 radical (unpaired) electrons. The molecule has 3 N–H and O–H groups in total. The molecular formula is C17H21Cl2NO4. The number of rotatable bonds is 10. The van der Waals surface area contributed by atoms with Crippen LogP contribution in [0.1, 0.15) is 31.7 Å². The molecular weight excluding hydrogens is 353 g/mol. The number of nitrogens with one attached hydrogen (secondary N) is 1. The lowest BCUT2D eigenvalue weighted by Gasteiger charge is -2.14. The monoisotopic (exact) mass is 373 g/mol. The molecule has 1 rings (SSSR count). The van der Waals surface area contributed by atoms with Gasteiger partial charge in [-0.05, 0) is 49.1 Å². The van der Waals surface area contributed by atoms with E-state index < -0.39 is 18.0 Å². The van der Waals surface area contributed by atoms with Gasteiger partial charge in [-0.15, -0.1) is 0 Å². The quantitative estimate of drug-likeness (QED) is 0.578. The largest absolute Gasteiger partial charge is 0.481 e. The maximum Gasteiger partial charge on any atom is 0.321 e. The molecule has 0 saturated carbocycles. The first kappa shape index (κ1) is 20.5. The molecule has 0 fully saturated rings. The molecule has 24 heavy (non-hydrogen) atoms. The highest BCUT2D eigenvalue weighted by Crippen LogP contribution is 2.20. The van der Waals surface area contributed by atoms with Crippen molar-refractivity contribution in [1.29, 1.82) is 0 Å². The van der Waals surface area contributed by atoms with Crippen molar-refractivity contribution in [2.24, 2.45) is 5.92 Å². The Morgan fingerprint density at radius 1 is 1.21 bits per heavy atom. The van der Waals surface area contributed by atoms with E-state index >= 15 is 0 Å². The fraction of sp³-hybridized carbons (Fsp3) is 0.412. The van der Waals surface area contributed by atoms with Crippen LogP contribution in [-0.2, 0) is 9.59 Å². The molecule has 2 atom stereocenters. The molecule has 0 spiro atoms. The summed E-state index contributed by atoms with van der Waals surface area (Å²) in [7, 11) is 0. The molecule has 1 aromatic carbocycles. The van der Waals surface area contributed by atoms with E-state index in [4.69, 9.17) is 28.3 Å². The highest BCUT2D eigenvalue weighted by molar-refractivity contribution is 6.34. The van der Waals surface area contributed by atoms with E-state index in [1.165, 1.54) is 0 Å². The van der Waals surface area contributed by atoms with Crippen LogP contribution in [0.25, 0.3) is 6.08 Å². The number of hydrogen-bond donors (Lipinski definition) is 3. The molecule has 0 heterocycles. The van der Waals surface area contributed by atoms with Crippen LogP contribution in [-0.4, -0.2) is 34.7 Å². The lowest BCUT2D eigenvalue weighted by Crippen LogP contribution is -2.37. The van der Waals surface area contributed by atoms with Crippen molar-refractivity contribution >= 4 is 41.2 Å². The van der Waals surface area contributed by atoms with Gasteiger partial charge in [0.25, 0.3) is 0 Å². The molecule has 0 bridgehead atoms. The Kier molecular flexibility index (Phi) is 8.82. The summed E-state index contributed by atoms with van der Waals surface area (Å²) in [6, 6.07) is 4.37. The molecule has 0 aliphatic rings. The van der Waals surface area contributed by atoms with Crippen LogP contribution >= 0.6 is 23.2 Å². The van der Waals surface area contributed by atoms with E-state index in [1.54, 1.807) is 30.4 Å². The Morgan fingerprint density at radius 2 is 1.83 bits per heavy atom. The topological polar surface area (TPSA) is 86.6 Å². The minimum atomic E-state index is -0.949. The second kappa shape index (κ2) is 10.3. The predicted molar refractivity (Wildman–Crippen MR) is 95.6 cm³/mol. The number of hydrogen-bond acceptors (Lipinski definition) is 3. The van der Waals surface area contributed by atoms with Crippen LogP contribution in [0, 0.1) is 5.92 Å². The first-order valence-electron chi connectivity index (χ1n) is 7.58. The SMILES string of the molecule is CC(CCNC(CC=Cc1cc(Cl)cc(Cl)c1)C(=O)O)CC(=O)O. The first-order valence-corrected chi connectivity index (χ1v) is 8.34. The van der Waals surface area contributed by atoms with Crippen LogP contribution in [0.4, 0.5) is 0 Å². The van der Waals surface area contributed by atoms with Gasteiger partial charge in [0.1, 0.15) is 6.04 Å². The fourth-order valence-corrected chi connectivity index (χ4v) is 2.73. The molecule has 1 aromatic rings. The predicted octanol–water partition coefficient (Wildman–Crippen LogP) is 3.94. The van der Waals surface area contributed by atoms with Crippen molar-refractivity contribution in [1.82, 2.24) is 5.32 Å². The van der Waals surface area contributed by atoms with Crippen molar-refractivity contribution in [2.75, 3.05) is 6.54 Å². The molecule has 132 valence electrons. The maximum atomic E-state index is 11.3. The van der Waals surface area contributed by atoms with Crippen molar-refractivity contribution in [3.63, 3.8) is 0 Å². The minimum absolute atomic E-state index is 0.00594. The van der Waals surface area contributed by atoms with E-state index in [0.717, 1.165) is 5.56 Å². The molecule has 5 nitrogen and oxygen atoms in total. The zero-order valence-electron chi connectivity index (χ0n) is 13.3. The fourth-order valence-electron chi connectivity index (χ4n) is 2.19. The van der Waals surface area contributed by atoms with Crippen LogP contribution in [0.5, 0.6) is 0 Å². The third kappa shape index (κ3) is 8.34. The summed E-state index contributed by atoms with van der Waals surface area (Å²) < 4.78 is 0. The van der Waals surface area contributed by atoms with Gasteiger partial charge in [-0.1, -0.05) is 42.3 Å². The lowest BCUT2D eigenvalue weighted by molar-refractivity contribution is -0.140. The van der Waals surface area contributed by atoms with Gasteiger partial charge in [0.15, 0.2) is 0 Å². The Bertz CT molecular complexity index is 584. The second-order valence-electron chi connectivity index (χ2n) is 5.68. The Labute approximate surface area is 151 Å². The van der Waals surface area contributed by atoms with Crippen LogP contribution in [0.3, 0.4) is 0 Å². The van der Waals surface area contributed by atoms with Crippen molar-refractivity contribution in [3.05, 3.63) is 39.9 Å². The highest BCUT2D eigenvalue weighted by Gasteiger charge is 2.15. The number of benzene rings is 1. The van der Waals surface area contributed by atoms with E-state index in [2.05, 4.69) is 5.32 Å². The smallest absolute Gasteiger partial charge is 0.321 e. The zero-order valence-corrected chi connectivity index (χ0v) is 14.8. The summed E-state index contributed by atoms with van der Waals surface area (Å²) >= 11 is 11.8. The van der Waals surface area contributed by atoms with Crippen molar-refractivity contribution in [3.8, 4) is 0 Å². The molecule has 0 aromatic heterocycles. The summed E-state index contributed by atoms with van der Waals surface area (Å²) in [4.78, 5) is 21.9. The highest BCUT2D eigenvalue weighted by atomic mass is 35.5. The van der Waals surface area contributed by atoms with Gasteiger partial charge >= 0.3 is 11.9 Å². The second-order valence-corrected chi connectivity index (χ2v) is 6.55. The number of halogens is 2. The Morgan fingerprint density at radius 3 is 2.38 bits per heavy atom. The van der Waals surface area contributed by atoms with Crippen molar-refractivity contribution < 1.29 is 19.8 Å². The zero-order chi connectivity index (χ0) is 18.1. The van der Waals surface area contributed by atoms with E-state index in [1.807, 2.05) is 6.92 Å². The first-order chi connectivity index (χ1) is 11.3. The summed E-state index contributed by atoms with van der Waals surface area (Å²) in [5, 5.41) is 21.9. The Balaban J connectivity index is 2.49. The average Bonchev–Trinajstić information content (AvgIpc) is 2.43. The van der Waals surface area contributed by atoms with Crippen LogP contribution in [0.2, 0.25) is 10.0 Å². The van der Waals surface area contributed by atoms with Gasteiger partial charge in [0.05, 0.1) is 0 Å². The molecule has 7 heteroatoms. The summed E-state index contributed by atoms with van der Waals surface area (Å²) in [6.07, 6.45) is 4.49. The lowest BCUT2D eigenvalue weighted by atomic mass is 10.0.